The van der Waals surface area contributed by atoms with E-state index in [1.54, 1.807) is 17.7 Å². The normalized spacial score (nSPS) is 15.5. The molecule has 0 bridgehead atoms. The van der Waals surface area contributed by atoms with Gasteiger partial charge in [0.05, 0.1) is 10.9 Å². The highest BCUT2D eigenvalue weighted by molar-refractivity contribution is 7.22. The summed E-state index contributed by atoms with van der Waals surface area (Å²) >= 11 is 1.73. The van der Waals surface area contributed by atoms with Crippen LogP contribution in [0.2, 0.25) is 0 Å². The largest absolute Gasteiger partial charge is 0.353 e. The summed E-state index contributed by atoms with van der Waals surface area (Å²) in [5, 5.41) is 1.09. The second-order valence-corrected chi connectivity index (χ2v) is 6.35. The summed E-state index contributed by atoms with van der Waals surface area (Å²) in [6.45, 7) is 5.87. The molecule has 3 aromatic heterocycles. The number of nitrogens with zero attached hydrogens (tertiary/aromatic N) is 6. The fraction of sp³-hybridized carbons (Fsp3) is 0.333. The van der Waals surface area contributed by atoms with Gasteiger partial charge in [0.2, 0.25) is 0 Å². The predicted molar refractivity (Wildman–Crippen MR) is 88.6 cm³/mol. The summed E-state index contributed by atoms with van der Waals surface area (Å²) in [5.74, 6) is 1.04. The molecule has 0 saturated carbocycles. The number of aromatic nitrogens is 4. The van der Waals surface area contributed by atoms with Crippen molar-refractivity contribution in [1.29, 1.82) is 0 Å². The van der Waals surface area contributed by atoms with Crippen molar-refractivity contribution in [2.75, 3.05) is 36.0 Å². The van der Waals surface area contributed by atoms with Crippen LogP contribution in [0, 0.1) is 6.92 Å². The van der Waals surface area contributed by atoms with Gasteiger partial charge in [0.1, 0.15) is 17.7 Å². The molecule has 1 fully saturated rings. The average molecular weight is 312 g/mol. The second kappa shape index (κ2) is 5.49. The van der Waals surface area contributed by atoms with Gasteiger partial charge in [-0.05, 0) is 13.0 Å². The van der Waals surface area contributed by atoms with Gasteiger partial charge in [-0.25, -0.2) is 15.0 Å². The molecule has 0 aliphatic carbocycles. The summed E-state index contributed by atoms with van der Waals surface area (Å²) in [5.41, 5.74) is 2.11. The molecule has 4 heterocycles. The van der Waals surface area contributed by atoms with Crippen LogP contribution in [0.5, 0.6) is 0 Å². The lowest BCUT2D eigenvalue weighted by atomic mass is 10.2. The number of hydrogen-bond acceptors (Lipinski definition) is 7. The Bertz CT molecular complexity index is 760. The highest BCUT2D eigenvalue weighted by Gasteiger charge is 2.21. The van der Waals surface area contributed by atoms with Crippen molar-refractivity contribution < 1.29 is 0 Å². The molecule has 1 aliphatic rings. The zero-order chi connectivity index (χ0) is 14.9. The number of aryl methyl sites for hydroxylation is 1. The molecule has 3 aromatic rings. The van der Waals surface area contributed by atoms with E-state index in [0.717, 1.165) is 48.2 Å². The minimum absolute atomic E-state index is 0.950. The Morgan fingerprint density at radius 1 is 1.05 bits per heavy atom. The van der Waals surface area contributed by atoms with Crippen LogP contribution in [0.15, 0.2) is 31.0 Å². The highest BCUT2D eigenvalue weighted by Crippen LogP contribution is 2.29. The van der Waals surface area contributed by atoms with Crippen molar-refractivity contribution in [3.05, 3.63) is 36.5 Å². The quantitative estimate of drug-likeness (QED) is 0.722. The maximum absolute atomic E-state index is 4.69. The van der Waals surface area contributed by atoms with Gasteiger partial charge in [-0.2, -0.15) is 0 Å². The molecule has 0 unspecified atom stereocenters. The first-order valence-corrected chi connectivity index (χ1v) is 8.10. The summed E-state index contributed by atoms with van der Waals surface area (Å²) in [7, 11) is 0. The predicted octanol–water partition coefficient (Wildman–Crippen LogP) is 2.12. The van der Waals surface area contributed by atoms with Gasteiger partial charge in [0.25, 0.3) is 0 Å². The molecule has 0 atom stereocenters. The van der Waals surface area contributed by atoms with E-state index in [1.165, 1.54) is 4.70 Å². The molecule has 1 aliphatic heterocycles. The SMILES string of the molecule is Cc1cncnc1N1CCN(c2nc3cnccc3s2)CC1. The molecule has 0 N–H and O–H groups in total. The number of thiazole rings is 1. The van der Waals surface area contributed by atoms with Crippen molar-refractivity contribution in [2.24, 2.45) is 0 Å². The van der Waals surface area contributed by atoms with E-state index >= 15 is 0 Å². The van der Waals surface area contributed by atoms with Crippen molar-refractivity contribution in [2.45, 2.75) is 6.92 Å². The third-order valence-electron chi connectivity index (χ3n) is 3.90. The molecule has 4 rings (SSSR count). The number of hydrogen-bond donors (Lipinski definition) is 0. The zero-order valence-corrected chi connectivity index (χ0v) is 13.1. The first-order chi connectivity index (χ1) is 10.8. The van der Waals surface area contributed by atoms with E-state index in [-0.39, 0.29) is 0 Å². The molecular formula is C15H16N6S. The van der Waals surface area contributed by atoms with E-state index in [9.17, 15) is 0 Å². The monoisotopic (exact) mass is 312 g/mol. The van der Waals surface area contributed by atoms with Gasteiger partial charge >= 0.3 is 0 Å². The van der Waals surface area contributed by atoms with Gasteiger partial charge in [-0.3, -0.25) is 4.98 Å². The molecule has 112 valence electrons. The van der Waals surface area contributed by atoms with Gasteiger partial charge in [-0.15, -0.1) is 0 Å². The van der Waals surface area contributed by atoms with Gasteiger partial charge < -0.3 is 9.80 Å². The Morgan fingerprint density at radius 2 is 1.86 bits per heavy atom. The third kappa shape index (κ3) is 2.37. The van der Waals surface area contributed by atoms with E-state index < -0.39 is 0 Å². The lowest BCUT2D eigenvalue weighted by Gasteiger charge is -2.35. The lowest BCUT2D eigenvalue weighted by molar-refractivity contribution is 0.644. The Morgan fingerprint density at radius 3 is 2.64 bits per heavy atom. The average Bonchev–Trinajstić information content (AvgIpc) is 2.99. The molecule has 1 saturated heterocycles. The number of fused-ring (bicyclic) bond motifs is 1. The highest BCUT2D eigenvalue weighted by atomic mass is 32.1. The fourth-order valence-corrected chi connectivity index (χ4v) is 3.72. The standard InChI is InChI=1S/C15H16N6S/c1-11-8-17-10-18-14(11)20-4-6-21(7-5-20)15-19-12-9-16-3-2-13(12)22-15/h2-3,8-10H,4-7H2,1H3. The minimum atomic E-state index is 0.950. The first kappa shape index (κ1) is 13.4. The molecule has 6 nitrogen and oxygen atoms in total. The van der Waals surface area contributed by atoms with Gasteiger partial charge in [0.15, 0.2) is 5.13 Å². The first-order valence-electron chi connectivity index (χ1n) is 7.28. The summed E-state index contributed by atoms with van der Waals surface area (Å²) in [4.78, 5) is 22.0. The molecule has 7 heteroatoms. The lowest BCUT2D eigenvalue weighted by Crippen LogP contribution is -2.47. The second-order valence-electron chi connectivity index (χ2n) is 5.34. The fourth-order valence-electron chi connectivity index (χ4n) is 2.74. The van der Waals surface area contributed by atoms with Crippen LogP contribution < -0.4 is 9.80 Å². The summed E-state index contributed by atoms with van der Waals surface area (Å²) < 4.78 is 1.19. The topological polar surface area (TPSA) is 58.0 Å². The van der Waals surface area contributed by atoms with E-state index in [2.05, 4.69) is 36.7 Å². The van der Waals surface area contributed by atoms with Crippen molar-refractivity contribution in [3.63, 3.8) is 0 Å². The Kier molecular flexibility index (Phi) is 3.34. The number of pyridine rings is 1. The van der Waals surface area contributed by atoms with Gasteiger partial charge in [-0.1, -0.05) is 11.3 Å². The van der Waals surface area contributed by atoms with E-state index in [4.69, 9.17) is 0 Å². The van der Waals surface area contributed by atoms with Crippen molar-refractivity contribution in [1.82, 2.24) is 19.9 Å². The molecule has 22 heavy (non-hydrogen) atoms. The number of piperazine rings is 1. The smallest absolute Gasteiger partial charge is 0.186 e. The van der Waals surface area contributed by atoms with Crippen molar-refractivity contribution in [3.8, 4) is 0 Å². The van der Waals surface area contributed by atoms with Crippen LogP contribution in [-0.4, -0.2) is 46.1 Å². The van der Waals surface area contributed by atoms with Crippen LogP contribution in [0.1, 0.15) is 5.56 Å². The summed E-state index contributed by atoms with van der Waals surface area (Å²) in [6, 6.07) is 2.02. The van der Waals surface area contributed by atoms with Crippen LogP contribution in [0.25, 0.3) is 10.2 Å². The Balaban J connectivity index is 1.51. The molecule has 0 radical (unpaired) electrons. The van der Waals surface area contributed by atoms with Gasteiger partial charge in [0, 0.05) is 44.1 Å². The summed E-state index contributed by atoms with van der Waals surface area (Å²) in [6.07, 6.45) is 7.14. The van der Waals surface area contributed by atoms with E-state index in [0.29, 0.717) is 0 Å². The van der Waals surface area contributed by atoms with Crippen LogP contribution in [0.4, 0.5) is 10.9 Å². The maximum atomic E-state index is 4.69. The molecule has 0 amide bonds. The molecule has 0 aromatic carbocycles. The van der Waals surface area contributed by atoms with Crippen LogP contribution in [0.3, 0.4) is 0 Å². The Labute approximate surface area is 132 Å². The Hall–Kier alpha value is -2.28. The minimum Gasteiger partial charge on any atom is -0.353 e. The number of anilines is 2. The van der Waals surface area contributed by atoms with E-state index in [1.807, 2.05) is 24.7 Å². The molecular weight excluding hydrogens is 296 g/mol. The van der Waals surface area contributed by atoms with Crippen LogP contribution >= 0.6 is 11.3 Å². The zero-order valence-electron chi connectivity index (χ0n) is 12.3. The maximum Gasteiger partial charge on any atom is 0.186 e. The molecule has 0 spiro atoms. The van der Waals surface area contributed by atoms with Crippen molar-refractivity contribution >= 4 is 32.5 Å². The number of rotatable bonds is 2. The third-order valence-corrected chi connectivity index (χ3v) is 4.99. The van der Waals surface area contributed by atoms with Crippen LogP contribution in [-0.2, 0) is 0 Å².